The second-order valence-corrected chi connectivity index (χ2v) is 5.80. The second kappa shape index (κ2) is 6.06. The zero-order valence-corrected chi connectivity index (χ0v) is 12.4. The number of aliphatic hydroxyl groups excluding tert-OH is 1. The molecular weight excluding hydrogens is 236 g/mol. The Kier molecular flexibility index (Phi) is 4.64. The van der Waals surface area contributed by atoms with Crippen LogP contribution in [-0.4, -0.2) is 17.3 Å². The molecule has 1 fully saturated rings. The van der Waals surface area contributed by atoms with E-state index in [0.717, 1.165) is 12.0 Å². The SMILES string of the molecule is CCOC(C)(CC)C(O)c1cccc(C2CCC2)c1. The summed E-state index contributed by atoms with van der Waals surface area (Å²) < 4.78 is 5.79. The molecule has 1 saturated carbocycles. The third kappa shape index (κ3) is 3.01. The first-order valence-electron chi connectivity index (χ1n) is 7.52. The van der Waals surface area contributed by atoms with Crippen molar-refractivity contribution in [3.05, 3.63) is 35.4 Å². The Hall–Kier alpha value is -0.860. The highest BCUT2D eigenvalue weighted by Gasteiger charge is 2.33. The fraction of sp³-hybridized carbons (Fsp3) is 0.647. The molecule has 0 bridgehead atoms. The molecule has 1 aliphatic carbocycles. The van der Waals surface area contributed by atoms with E-state index in [0.29, 0.717) is 12.5 Å². The molecule has 106 valence electrons. The van der Waals surface area contributed by atoms with Gasteiger partial charge in [0.05, 0.1) is 5.60 Å². The van der Waals surface area contributed by atoms with Crippen LogP contribution in [0, 0.1) is 0 Å². The van der Waals surface area contributed by atoms with Crippen LogP contribution in [0.15, 0.2) is 24.3 Å². The molecule has 1 aliphatic rings. The van der Waals surface area contributed by atoms with Gasteiger partial charge in [-0.15, -0.1) is 0 Å². The lowest BCUT2D eigenvalue weighted by Gasteiger charge is -2.34. The van der Waals surface area contributed by atoms with E-state index in [-0.39, 0.29) is 0 Å². The summed E-state index contributed by atoms with van der Waals surface area (Å²) in [4.78, 5) is 0. The van der Waals surface area contributed by atoms with E-state index < -0.39 is 11.7 Å². The average Bonchev–Trinajstić information content (AvgIpc) is 2.36. The Morgan fingerprint density at radius 2 is 2.11 bits per heavy atom. The topological polar surface area (TPSA) is 29.5 Å². The molecule has 0 amide bonds. The molecule has 1 aromatic carbocycles. The second-order valence-electron chi connectivity index (χ2n) is 5.80. The summed E-state index contributed by atoms with van der Waals surface area (Å²) in [6, 6.07) is 8.43. The smallest absolute Gasteiger partial charge is 0.108 e. The normalized spacial score (nSPS) is 20.6. The van der Waals surface area contributed by atoms with Gasteiger partial charge in [0.15, 0.2) is 0 Å². The Balaban J connectivity index is 2.19. The van der Waals surface area contributed by atoms with Crippen molar-refractivity contribution in [2.45, 2.75) is 64.1 Å². The zero-order valence-electron chi connectivity index (χ0n) is 12.4. The number of hydrogen-bond donors (Lipinski definition) is 1. The minimum absolute atomic E-state index is 0.493. The maximum atomic E-state index is 10.6. The van der Waals surface area contributed by atoms with Crippen molar-refractivity contribution in [3.8, 4) is 0 Å². The summed E-state index contributed by atoms with van der Waals surface area (Å²) in [5, 5.41) is 10.6. The van der Waals surface area contributed by atoms with E-state index in [9.17, 15) is 5.11 Å². The largest absolute Gasteiger partial charge is 0.385 e. The van der Waals surface area contributed by atoms with Gasteiger partial charge < -0.3 is 9.84 Å². The number of rotatable bonds is 6. The first kappa shape index (κ1) is 14.5. The van der Waals surface area contributed by atoms with Crippen LogP contribution in [0.2, 0.25) is 0 Å². The Morgan fingerprint density at radius 3 is 2.63 bits per heavy atom. The zero-order chi connectivity index (χ0) is 13.9. The standard InChI is InChI=1S/C17H26O2/c1-4-17(3,19-5-2)16(18)15-11-7-10-14(12-15)13-8-6-9-13/h7,10-13,16,18H,4-6,8-9H2,1-3H3. The highest BCUT2D eigenvalue weighted by molar-refractivity contribution is 5.30. The first-order chi connectivity index (χ1) is 9.10. The lowest BCUT2D eigenvalue weighted by molar-refractivity contribution is -0.113. The molecule has 2 atom stereocenters. The van der Waals surface area contributed by atoms with Crippen molar-refractivity contribution >= 4 is 0 Å². The molecule has 0 spiro atoms. The van der Waals surface area contributed by atoms with E-state index in [2.05, 4.69) is 25.1 Å². The molecular formula is C17H26O2. The quantitative estimate of drug-likeness (QED) is 0.833. The Bertz CT molecular complexity index is 411. The minimum atomic E-state index is -0.558. The van der Waals surface area contributed by atoms with Crippen molar-refractivity contribution in [2.75, 3.05) is 6.61 Å². The lowest BCUT2D eigenvalue weighted by Crippen LogP contribution is -2.35. The molecule has 0 heterocycles. The lowest BCUT2D eigenvalue weighted by atomic mass is 9.79. The fourth-order valence-corrected chi connectivity index (χ4v) is 2.78. The van der Waals surface area contributed by atoms with Gasteiger partial charge in [0.2, 0.25) is 0 Å². The number of benzene rings is 1. The van der Waals surface area contributed by atoms with Gasteiger partial charge in [-0.25, -0.2) is 0 Å². The van der Waals surface area contributed by atoms with Crippen molar-refractivity contribution in [1.82, 2.24) is 0 Å². The van der Waals surface area contributed by atoms with Gasteiger partial charge in [-0.3, -0.25) is 0 Å². The molecule has 2 unspecified atom stereocenters. The molecule has 1 aromatic rings. The molecule has 19 heavy (non-hydrogen) atoms. The molecule has 0 aliphatic heterocycles. The van der Waals surface area contributed by atoms with Gasteiger partial charge in [-0.05, 0) is 50.2 Å². The summed E-state index contributed by atoms with van der Waals surface area (Å²) in [7, 11) is 0. The fourth-order valence-electron chi connectivity index (χ4n) is 2.78. The number of aliphatic hydroxyl groups is 1. The maximum Gasteiger partial charge on any atom is 0.108 e. The Morgan fingerprint density at radius 1 is 1.37 bits per heavy atom. The molecule has 2 nitrogen and oxygen atoms in total. The summed E-state index contributed by atoms with van der Waals surface area (Å²) in [5.74, 6) is 0.701. The monoisotopic (exact) mass is 262 g/mol. The van der Waals surface area contributed by atoms with Crippen molar-refractivity contribution < 1.29 is 9.84 Å². The van der Waals surface area contributed by atoms with Crippen molar-refractivity contribution in [2.24, 2.45) is 0 Å². The van der Waals surface area contributed by atoms with E-state index in [1.807, 2.05) is 19.9 Å². The van der Waals surface area contributed by atoms with Crippen LogP contribution in [0.5, 0.6) is 0 Å². The van der Waals surface area contributed by atoms with Crippen LogP contribution in [-0.2, 0) is 4.74 Å². The molecule has 0 aromatic heterocycles. The first-order valence-corrected chi connectivity index (χ1v) is 7.52. The third-order valence-corrected chi connectivity index (χ3v) is 4.56. The average molecular weight is 262 g/mol. The summed E-state index contributed by atoms with van der Waals surface area (Å²) in [6.07, 6.45) is 4.16. The third-order valence-electron chi connectivity index (χ3n) is 4.56. The van der Waals surface area contributed by atoms with Gasteiger partial charge >= 0.3 is 0 Å². The van der Waals surface area contributed by atoms with Gasteiger partial charge in [0.25, 0.3) is 0 Å². The molecule has 2 heteroatoms. The minimum Gasteiger partial charge on any atom is -0.385 e. The summed E-state index contributed by atoms with van der Waals surface area (Å²) >= 11 is 0. The van der Waals surface area contributed by atoms with E-state index in [1.54, 1.807) is 0 Å². The van der Waals surface area contributed by atoms with Crippen LogP contribution >= 0.6 is 0 Å². The van der Waals surface area contributed by atoms with E-state index in [1.165, 1.54) is 24.8 Å². The maximum absolute atomic E-state index is 10.6. The molecule has 2 rings (SSSR count). The van der Waals surface area contributed by atoms with Gasteiger partial charge in [-0.1, -0.05) is 37.6 Å². The predicted octanol–water partition coefficient (Wildman–Crippen LogP) is 4.19. The van der Waals surface area contributed by atoms with Gasteiger partial charge in [0, 0.05) is 6.61 Å². The van der Waals surface area contributed by atoms with Crippen molar-refractivity contribution in [1.29, 1.82) is 0 Å². The summed E-state index contributed by atoms with van der Waals surface area (Å²) in [5.41, 5.74) is 1.87. The van der Waals surface area contributed by atoms with Crippen LogP contribution in [0.3, 0.4) is 0 Å². The van der Waals surface area contributed by atoms with Crippen LogP contribution in [0.25, 0.3) is 0 Å². The number of hydrogen-bond acceptors (Lipinski definition) is 2. The molecule has 0 radical (unpaired) electrons. The van der Waals surface area contributed by atoms with Crippen molar-refractivity contribution in [3.63, 3.8) is 0 Å². The summed E-state index contributed by atoms with van der Waals surface area (Å²) in [6.45, 7) is 6.67. The molecule has 0 saturated heterocycles. The van der Waals surface area contributed by atoms with Crippen LogP contribution in [0.1, 0.15) is 69.6 Å². The van der Waals surface area contributed by atoms with Gasteiger partial charge in [0.1, 0.15) is 6.10 Å². The number of ether oxygens (including phenoxy) is 1. The predicted molar refractivity (Wildman–Crippen MR) is 78.3 cm³/mol. The van der Waals surface area contributed by atoms with E-state index in [4.69, 9.17) is 4.74 Å². The van der Waals surface area contributed by atoms with Crippen LogP contribution in [0.4, 0.5) is 0 Å². The highest BCUT2D eigenvalue weighted by Crippen LogP contribution is 2.38. The highest BCUT2D eigenvalue weighted by atomic mass is 16.5. The Labute approximate surface area is 116 Å². The molecule has 1 N–H and O–H groups in total. The van der Waals surface area contributed by atoms with E-state index >= 15 is 0 Å². The van der Waals surface area contributed by atoms with Gasteiger partial charge in [-0.2, -0.15) is 0 Å². The van der Waals surface area contributed by atoms with Crippen LogP contribution < -0.4 is 0 Å².